The van der Waals surface area contributed by atoms with Crippen molar-refractivity contribution in [2.75, 3.05) is 12.3 Å². The van der Waals surface area contributed by atoms with Crippen LogP contribution in [0.3, 0.4) is 0 Å². The highest BCUT2D eigenvalue weighted by Gasteiger charge is 2.25. The van der Waals surface area contributed by atoms with Gasteiger partial charge in [-0.25, -0.2) is 9.97 Å². The van der Waals surface area contributed by atoms with Crippen LogP contribution in [0.5, 0.6) is 0 Å². The summed E-state index contributed by atoms with van der Waals surface area (Å²) in [7, 11) is 0. The molecule has 6 nitrogen and oxygen atoms in total. The predicted octanol–water partition coefficient (Wildman–Crippen LogP) is 0.901. The van der Waals surface area contributed by atoms with Gasteiger partial charge in [-0.1, -0.05) is 6.92 Å². The SMILES string of the molecule is C[C@H]1CNC(=O)c2cc(-c3ccnc(N)n3)[nH]c21. The van der Waals surface area contributed by atoms with Crippen molar-refractivity contribution in [1.82, 2.24) is 20.3 Å². The Bertz CT molecular complexity index is 619. The number of hydrogen-bond acceptors (Lipinski definition) is 4. The molecule has 1 aliphatic rings. The van der Waals surface area contributed by atoms with Crippen LogP contribution in [0.4, 0.5) is 5.95 Å². The lowest BCUT2D eigenvalue weighted by Crippen LogP contribution is -2.33. The minimum absolute atomic E-state index is 0.0485. The number of anilines is 1. The average molecular weight is 243 g/mol. The van der Waals surface area contributed by atoms with Crippen LogP contribution in [0.1, 0.15) is 28.9 Å². The molecule has 92 valence electrons. The Kier molecular flexibility index (Phi) is 2.29. The first kappa shape index (κ1) is 10.8. The van der Waals surface area contributed by atoms with Gasteiger partial charge in [-0.3, -0.25) is 4.79 Å². The van der Waals surface area contributed by atoms with E-state index in [0.717, 1.165) is 11.4 Å². The smallest absolute Gasteiger partial charge is 0.253 e. The standard InChI is InChI=1S/C12H13N5O/c1-6-5-15-11(18)7-4-9(16-10(6)7)8-2-3-14-12(13)17-8/h2-4,6,16H,5H2,1H3,(H,15,18)(H2,13,14,17)/t6-/m0/s1. The normalized spacial score (nSPS) is 18.3. The van der Waals surface area contributed by atoms with E-state index in [-0.39, 0.29) is 17.8 Å². The molecule has 0 bridgehead atoms. The minimum atomic E-state index is -0.0485. The van der Waals surface area contributed by atoms with Crippen molar-refractivity contribution in [2.45, 2.75) is 12.8 Å². The van der Waals surface area contributed by atoms with Gasteiger partial charge in [-0.05, 0) is 12.1 Å². The number of rotatable bonds is 1. The van der Waals surface area contributed by atoms with Gasteiger partial charge in [0, 0.05) is 24.4 Å². The van der Waals surface area contributed by atoms with Crippen LogP contribution < -0.4 is 11.1 Å². The quantitative estimate of drug-likeness (QED) is 0.693. The van der Waals surface area contributed by atoms with Gasteiger partial charge in [0.15, 0.2) is 0 Å². The van der Waals surface area contributed by atoms with E-state index in [0.29, 0.717) is 17.8 Å². The number of nitrogens with two attached hydrogens (primary N) is 1. The number of nitrogens with zero attached hydrogens (tertiary/aromatic N) is 2. The molecular weight excluding hydrogens is 230 g/mol. The third kappa shape index (κ3) is 1.62. The molecule has 1 atom stereocenters. The fourth-order valence-corrected chi connectivity index (χ4v) is 2.15. The third-order valence-electron chi connectivity index (χ3n) is 3.10. The molecule has 0 radical (unpaired) electrons. The Morgan fingerprint density at radius 3 is 3.06 bits per heavy atom. The zero-order chi connectivity index (χ0) is 12.7. The first-order valence-electron chi connectivity index (χ1n) is 5.75. The lowest BCUT2D eigenvalue weighted by Gasteiger charge is -2.18. The highest BCUT2D eigenvalue weighted by atomic mass is 16.1. The maximum absolute atomic E-state index is 11.8. The number of hydrogen-bond donors (Lipinski definition) is 3. The molecule has 2 aromatic heterocycles. The largest absolute Gasteiger partial charge is 0.368 e. The number of aromatic amines is 1. The van der Waals surface area contributed by atoms with Gasteiger partial charge < -0.3 is 16.0 Å². The molecule has 6 heteroatoms. The topological polar surface area (TPSA) is 96.7 Å². The second-order valence-corrected chi connectivity index (χ2v) is 4.42. The number of nitrogens with one attached hydrogen (secondary N) is 2. The van der Waals surface area contributed by atoms with Gasteiger partial charge in [0.05, 0.1) is 17.0 Å². The lowest BCUT2D eigenvalue weighted by molar-refractivity contribution is 0.0941. The zero-order valence-electron chi connectivity index (χ0n) is 9.90. The molecule has 3 rings (SSSR count). The maximum Gasteiger partial charge on any atom is 0.253 e. The number of carbonyl (C=O) groups is 1. The Hall–Kier alpha value is -2.37. The molecule has 0 spiro atoms. The number of amides is 1. The number of carbonyl (C=O) groups excluding carboxylic acids is 1. The van der Waals surface area contributed by atoms with Crippen LogP contribution in [-0.2, 0) is 0 Å². The first-order chi connectivity index (χ1) is 8.65. The summed E-state index contributed by atoms with van der Waals surface area (Å²) in [5.41, 5.74) is 8.67. The molecular formula is C12H13N5O. The van der Waals surface area contributed by atoms with E-state index >= 15 is 0 Å². The Morgan fingerprint density at radius 1 is 1.50 bits per heavy atom. The van der Waals surface area contributed by atoms with E-state index in [1.54, 1.807) is 12.3 Å². The van der Waals surface area contributed by atoms with E-state index in [4.69, 9.17) is 5.73 Å². The van der Waals surface area contributed by atoms with Crippen molar-refractivity contribution in [3.8, 4) is 11.4 Å². The number of aromatic nitrogens is 3. The molecule has 0 saturated carbocycles. The highest BCUT2D eigenvalue weighted by Crippen LogP contribution is 2.27. The summed E-state index contributed by atoms with van der Waals surface area (Å²) < 4.78 is 0. The molecule has 4 N–H and O–H groups in total. The van der Waals surface area contributed by atoms with Crippen LogP contribution in [0.25, 0.3) is 11.4 Å². The van der Waals surface area contributed by atoms with Crippen molar-refractivity contribution < 1.29 is 4.79 Å². The lowest BCUT2D eigenvalue weighted by atomic mass is 10.00. The molecule has 0 fully saturated rings. The molecule has 0 aliphatic carbocycles. The van der Waals surface area contributed by atoms with Crippen molar-refractivity contribution in [3.63, 3.8) is 0 Å². The van der Waals surface area contributed by atoms with Crippen molar-refractivity contribution >= 4 is 11.9 Å². The summed E-state index contributed by atoms with van der Waals surface area (Å²) >= 11 is 0. The molecule has 0 unspecified atom stereocenters. The molecule has 0 aromatic carbocycles. The molecule has 3 heterocycles. The van der Waals surface area contributed by atoms with E-state index in [2.05, 4.69) is 27.2 Å². The average Bonchev–Trinajstić information content (AvgIpc) is 2.80. The molecule has 2 aromatic rings. The van der Waals surface area contributed by atoms with Crippen molar-refractivity contribution in [1.29, 1.82) is 0 Å². The number of nitrogen functional groups attached to an aromatic ring is 1. The van der Waals surface area contributed by atoms with Gasteiger partial charge in [0.1, 0.15) is 0 Å². The summed E-state index contributed by atoms with van der Waals surface area (Å²) in [6.45, 7) is 2.71. The Labute approximate surface area is 104 Å². The fraction of sp³-hybridized carbons (Fsp3) is 0.250. The summed E-state index contributed by atoms with van der Waals surface area (Å²) in [6, 6.07) is 3.57. The van der Waals surface area contributed by atoms with Crippen LogP contribution >= 0.6 is 0 Å². The van der Waals surface area contributed by atoms with E-state index in [1.807, 2.05) is 6.07 Å². The Balaban J connectivity index is 2.10. The highest BCUT2D eigenvalue weighted by molar-refractivity contribution is 5.98. The van der Waals surface area contributed by atoms with Crippen LogP contribution in [0.2, 0.25) is 0 Å². The summed E-state index contributed by atoms with van der Waals surface area (Å²) in [6.07, 6.45) is 1.60. The van der Waals surface area contributed by atoms with Crippen LogP contribution in [0, 0.1) is 0 Å². The van der Waals surface area contributed by atoms with E-state index < -0.39 is 0 Å². The summed E-state index contributed by atoms with van der Waals surface area (Å²) in [5.74, 6) is 0.441. The monoisotopic (exact) mass is 243 g/mol. The van der Waals surface area contributed by atoms with Crippen LogP contribution in [0.15, 0.2) is 18.3 Å². The molecule has 18 heavy (non-hydrogen) atoms. The van der Waals surface area contributed by atoms with Crippen molar-refractivity contribution in [3.05, 3.63) is 29.6 Å². The first-order valence-corrected chi connectivity index (χ1v) is 5.75. The van der Waals surface area contributed by atoms with E-state index in [9.17, 15) is 4.79 Å². The van der Waals surface area contributed by atoms with Gasteiger partial charge in [0.2, 0.25) is 5.95 Å². The third-order valence-corrected chi connectivity index (χ3v) is 3.10. The molecule has 1 amide bonds. The zero-order valence-corrected chi connectivity index (χ0v) is 9.90. The fourth-order valence-electron chi connectivity index (χ4n) is 2.15. The minimum Gasteiger partial charge on any atom is -0.368 e. The van der Waals surface area contributed by atoms with Gasteiger partial charge in [0.25, 0.3) is 5.91 Å². The van der Waals surface area contributed by atoms with Crippen molar-refractivity contribution in [2.24, 2.45) is 0 Å². The Morgan fingerprint density at radius 2 is 2.33 bits per heavy atom. The number of H-pyrrole nitrogens is 1. The van der Waals surface area contributed by atoms with Gasteiger partial charge in [-0.2, -0.15) is 0 Å². The van der Waals surface area contributed by atoms with Gasteiger partial charge >= 0.3 is 0 Å². The number of fused-ring (bicyclic) bond motifs is 1. The molecule has 1 aliphatic heterocycles. The van der Waals surface area contributed by atoms with E-state index in [1.165, 1.54) is 0 Å². The van der Waals surface area contributed by atoms with Crippen LogP contribution in [-0.4, -0.2) is 27.4 Å². The van der Waals surface area contributed by atoms with Gasteiger partial charge in [-0.15, -0.1) is 0 Å². The summed E-state index contributed by atoms with van der Waals surface area (Å²) in [4.78, 5) is 23.0. The second-order valence-electron chi connectivity index (χ2n) is 4.42. The second kappa shape index (κ2) is 3.83. The molecule has 0 saturated heterocycles. The maximum atomic E-state index is 11.8. The summed E-state index contributed by atoms with van der Waals surface area (Å²) in [5, 5.41) is 2.85. The predicted molar refractivity (Wildman–Crippen MR) is 67.0 cm³/mol.